The van der Waals surface area contributed by atoms with E-state index >= 15 is 0 Å². The minimum absolute atomic E-state index is 0.00156. The number of aliphatic hydroxyl groups is 2. The van der Waals surface area contributed by atoms with Crippen LogP contribution in [0.15, 0.2) is 41.2 Å². The molecule has 0 aliphatic heterocycles. The molecule has 8 N–H and O–H groups in total. The van der Waals surface area contributed by atoms with E-state index in [1.165, 1.54) is 12.1 Å². The number of carboxylic acids is 1. The third-order valence-corrected chi connectivity index (χ3v) is 5.84. The smallest absolute Gasteiger partial charge is 0.305 e. The van der Waals surface area contributed by atoms with E-state index in [0.717, 1.165) is 0 Å². The number of amides is 1. The van der Waals surface area contributed by atoms with Gasteiger partial charge in [0.1, 0.15) is 23.0 Å². The SMILES string of the molecule is Nc1c(-c2nc3ccc(OCC(=O)NCCC(O)CC(O)CC(=O)O)cc3[nH]2)c(=O)[nH]c2cccc(F)c12. The third-order valence-electron chi connectivity index (χ3n) is 5.84. The number of imidazole rings is 1. The number of ether oxygens (including phenoxy) is 1. The standard InChI is InChI=1S/C25H26FN5O7/c26-15-2-1-3-17-21(15)23(27)22(25(37)31-17)24-29-16-5-4-14(10-18(16)30-24)38-11-19(34)28-7-6-12(32)8-13(33)9-20(35)36/h1-5,10,12-13,32-33H,6-9,11H2,(H,28,34)(H,29,30)(H,35,36)(H3,27,31,37). The molecule has 12 nitrogen and oxygen atoms in total. The molecule has 2 atom stereocenters. The van der Waals surface area contributed by atoms with Crippen molar-refractivity contribution in [1.29, 1.82) is 0 Å². The summed E-state index contributed by atoms with van der Waals surface area (Å²) in [6.45, 7) is -0.213. The van der Waals surface area contributed by atoms with Gasteiger partial charge in [0.15, 0.2) is 6.61 Å². The number of rotatable bonds is 11. The number of fused-ring (bicyclic) bond motifs is 2. The van der Waals surface area contributed by atoms with E-state index in [2.05, 4.69) is 20.3 Å². The Morgan fingerprint density at radius 1 is 1.13 bits per heavy atom. The van der Waals surface area contributed by atoms with Crippen LogP contribution in [0.3, 0.4) is 0 Å². The highest BCUT2D eigenvalue weighted by Crippen LogP contribution is 2.30. The number of carbonyl (C=O) groups excluding carboxylic acids is 1. The van der Waals surface area contributed by atoms with E-state index in [4.69, 9.17) is 15.6 Å². The number of hydrogen-bond acceptors (Lipinski definition) is 8. The molecule has 0 bridgehead atoms. The van der Waals surface area contributed by atoms with Crippen LogP contribution < -0.4 is 21.3 Å². The number of hydrogen-bond donors (Lipinski definition) is 7. The lowest BCUT2D eigenvalue weighted by Gasteiger charge is -2.14. The lowest BCUT2D eigenvalue weighted by molar-refractivity contribution is -0.139. The molecule has 0 saturated carbocycles. The Hall–Kier alpha value is -4.49. The van der Waals surface area contributed by atoms with Crippen molar-refractivity contribution in [2.24, 2.45) is 0 Å². The Labute approximate surface area is 214 Å². The number of aliphatic hydroxyl groups excluding tert-OH is 2. The largest absolute Gasteiger partial charge is 0.484 e. The molecule has 4 aromatic rings. The van der Waals surface area contributed by atoms with Crippen LogP contribution in [-0.2, 0) is 9.59 Å². The highest BCUT2D eigenvalue weighted by atomic mass is 19.1. The number of carboxylic acid groups (broad SMARTS) is 1. The molecule has 0 aliphatic rings. The van der Waals surface area contributed by atoms with Crippen LogP contribution in [-0.4, -0.2) is 67.5 Å². The maximum Gasteiger partial charge on any atom is 0.305 e. The second kappa shape index (κ2) is 11.3. The van der Waals surface area contributed by atoms with Crippen molar-refractivity contribution in [2.75, 3.05) is 18.9 Å². The Morgan fingerprint density at radius 2 is 1.92 bits per heavy atom. The number of aromatic nitrogens is 3. The molecule has 13 heteroatoms. The summed E-state index contributed by atoms with van der Waals surface area (Å²) in [5.74, 6) is -1.71. The topological polar surface area (TPSA) is 204 Å². The zero-order valence-corrected chi connectivity index (χ0v) is 20.0. The van der Waals surface area contributed by atoms with Gasteiger partial charge in [-0.2, -0.15) is 0 Å². The minimum atomic E-state index is -1.17. The average Bonchev–Trinajstić information content (AvgIpc) is 3.24. The number of nitrogens with one attached hydrogen (secondary N) is 3. The van der Waals surface area contributed by atoms with Crippen LogP contribution in [0.5, 0.6) is 5.75 Å². The monoisotopic (exact) mass is 527 g/mol. The van der Waals surface area contributed by atoms with E-state index in [1.54, 1.807) is 24.3 Å². The molecule has 2 unspecified atom stereocenters. The van der Waals surface area contributed by atoms with Crippen molar-refractivity contribution in [3.63, 3.8) is 0 Å². The number of carbonyl (C=O) groups is 2. The molecule has 2 heterocycles. The minimum Gasteiger partial charge on any atom is -0.484 e. The number of nitrogen functional groups attached to an aromatic ring is 1. The fourth-order valence-electron chi connectivity index (χ4n) is 4.06. The lowest BCUT2D eigenvalue weighted by atomic mass is 10.1. The Kier molecular flexibility index (Phi) is 7.88. The quantitative estimate of drug-likeness (QED) is 0.150. The fraction of sp³-hybridized carbons (Fsp3) is 0.280. The van der Waals surface area contributed by atoms with E-state index < -0.39 is 41.9 Å². The molecule has 0 radical (unpaired) electrons. The number of benzene rings is 2. The predicted molar refractivity (Wildman–Crippen MR) is 136 cm³/mol. The van der Waals surface area contributed by atoms with Gasteiger partial charge in [0.2, 0.25) is 0 Å². The lowest BCUT2D eigenvalue weighted by Crippen LogP contribution is -2.32. The van der Waals surface area contributed by atoms with Crippen LogP contribution in [0, 0.1) is 5.82 Å². The summed E-state index contributed by atoms with van der Waals surface area (Å²) in [6, 6.07) is 9.05. The zero-order chi connectivity index (χ0) is 27.4. The van der Waals surface area contributed by atoms with Crippen molar-refractivity contribution in [2.45, 2.75) is 31.5 Å². The van der Waals surface area contributed by atoms with Crippen LogP contribution in [0.1, 0.15) is 19.3 Å². The Balaban J connectivity index is 1.38. The average molecular weight is 528 g/mol. The van der Waals surface area contributed by atoms with Crippen LogP contribution in [0.2, 0.25) is 0 Å². The van der Waals surface area contributed by atoms with Crippen LogP contribution >= 0.6 is 0 Å². The van der Waals surface area contributed by atoms with Crippen LogP contribution in [0.4, 0.5) is 10.1 Å². The van der Waals surface area contributed by atoms with Gasteiger partial charge in [-0.1, -0.05) is 6.07 Å². The van der Waals surface area contributed by atoms with E-state index in [1.807, 2.05) is 0 Å². The summed E-state index contributed by atoms with van der Waals surface area (Å²) in [7, 11) is 0. The molecule has 2 aromatic heterocycles. The normalized spacial score (nSPS) is 12.9. The first-order valence-corrected chi connectivity index (χ1v) is 11.7. The molecule has 0 fully saturated rings. The molecule has 0 saturated heterocycles. The molecule has 1 amide bonds. The molecule has 0 spiro atoms. The first-order valence-electron chi connectivity index (χ1n) is 11.7. The Morgan fingerprint density at radius 3 is 2.68 bits per heavy atom. The molecular formula is C25H26FN5O7. The van der Waals surface area contributed by atoms with Crippen molar-refractivity contribution in [3.8, 4) is 17.1 Å². The highest BCUT2D eigenvalue weighted by Gasteiger charge is 2.19. The van der Waals surface area contributed by atoms with E-state index in [0.29, 0.717) is 16.8 Å². The fourth-order valence-corrected chi connectivity index (χ4v) is 4.06. The van der Waals surface area contributed by atoms with E-state index in [9.17, 15) is 29.0 Å². The third kappa shape index (κ3) is 6.07. The predicted octanol–water partition coefficient (Wildman–Crippen LogP) is 1.26. The number of nitrogens with two attached hydrogens (primary N) is 1. The van der Waals surface area contributed by atoms with Crippen molar-refractivity contribution in [3.05, 3.63) is 52.6 Å². The summed E-state index contributed by atoms with van der Waals surface area (Å²) in [4.78, 5) is 45.3. The summed E-state index contributed by atoms with van der Waals surface area (Å²) >= 11 is 0. The number of aromatic amines is 2. The first-order chi connectivity index (χ1) is 18.1. The second-order valence-corrected chi connectivity index (χ2v) is 8.74. The van der Waals surface area contributed by atoms with Crippen molar-refractivity contribution >= 4 is 39.5 Å². The van der Waals surface area contributed by atoms with Gasteiger partial charge in [-0.05, 0) is 37.1 Å². The van der Waals surface area contributed by atoms with Crippen molar-refractivity contribution < 1.29 is 34.0 Å². The molecule has 2 aromatic carbocycles. The summed E-state index contributed by atoms with van der Waals surface area (Å²) in [6.07, 6.45) is -2.59. The maximum atomic E-state index is 14.4. The second-order valence-electron chi connectivity index (χ2n) is 8.74. The number of halogens is 1. The highest BCUT2D eigenvalue weighted by molar-refractivity contribution is 5.98. The van der Waals surface area contributed by atoms with Gasteiger partial charge < -0.3 is 41.1 Å². The zero-order valence-electron chi connectivity index (χ0n) is 20.0. The van der Waals surface area contributed by atoms with E-state index in [-0.39, 0.29) is 54.0 Å². The molecule has 200 valence electrons. The van der Waals surface area contributed by atoms with Gasteiger partial charge in [0.25, 0.3) is 11.5 Å². The number of pyridine rings is 1. The van der Waals surface area contributed by atoms with Gasteiger partial charge in [-0.15, -0.1) is 0 Å². The number of anilines is 1. The Bertz CT molecular complexity index is 1550. The van der Waals surface area contributed by atoms with Gasteiger partial charge in [-0.3, -0.25) is 14.4 Å². The van der Waals surface area contributed by atoms with Gasteiger partial charge in [-0.25, -0.2) is 9.37 Å². The summed E-state index contributed by atoms with van der Waals surface area (Å²) in [5.41, 5.74) is 6.82. The summed E-state index contributed by atoms with van der Waals surface area (Å²) < 4.78 is 19.9. The molecule has 0 aliphatic carbocycles. The maximum absolute atomic E-state index is 14.4. The first kappa shape index (κ1) is 26.6. The molecule has 38 heavy (non-hydrogen) atoms. The van der Waals surface area contributed by atoms with Crippen molar-refractivity contribution in [1.82, 2.24) is 20.3 Å². The number of H-pyrrole nitrogens is 2. The molecular weight excluding hydrogens is 501 g/mol. The van der Waals surface area contributed by atoms with Gasteiger partial charge in [0, 0.05) is 12.6 Å². The number of nitrogens with zero attached hydrogens (tertiary/aromatic N) is 1. The number of aliphatic carboxylic acids is 1. The van der Waals surface area contributed by atoms with Crippen LogP contribution in [0.25, 0.3) is 33.3 Å². The van der Waals surface area contributed by atoms with Gasteiger partial charge >= 0.3 is 5.97 Å². The molecule has 4 rings (SSSR count). The van der Waals surface area contributed by atoms with Gasteiger partial charge in [0.05, 0.1) is 46.3 Å². The summed E-state index contributed by atoms with van der Waals surface area (Å²) in [5, 5.41) is 30.7.